The molecule has 0 unspecified atom stereocenters. The number of carbonyl (C=O) groups is 1. The fourth-order valence-corrected chi connectivity index (χ4v) is 4.81. The van der Waals surface area contributed by atoms with Crippen LogP contribution in [0.5, 0.6) is 0 Å². The zero-order chi connectivity index (χ0) is 25.6. The zero-order valence-corrected chi connectivity index (χ0v) is 20.7. The summed E-state index contributed by atoms with van der Waals surface area (Å²) >= 11 is -0.709. The van der Waals surface area contributed by atoms with Crippen molar-refractivity contribution in [2.75, 3.05) is 0 Å². The van der Waals surface area contributed by atoms with Crippen molar-refractivity contribution in [2.45, 2.75) is 67.8 Å². The number of carbonyl (C=O) groups excluding carboxylic acids is 1. The van der Waals surface area contributed by atoms with E-state index in [1.165, 1.54) is 12.1 Å². The normalized spacial score (nSPS) is 13.8. The Balaban J connectivity index is 2.55. The largest absolute Gasteiger partial charge is 0.442 e. The molecule has 0 atom stereocenters. The summed E-state index contributed by atoms with van der Waals surface area (Å²) in [6.45, 7) is 11.0. The Hall–Kier alpha value is -1.91. The lowest BCUT2D eigenvalue weighted by Crippen LogP contribution is -2.44. The van der Waals surface area contributed by atoms with Crippen molar-refractivity contribution in [1.29, 1.82) is 0 Å². The minimum absolute atomic E-state index is 0.0278. The van der Waals surface area contributed by atoms with Gasteiger partial charge in [0, 0.05) is 16.0 Å². The van der Waals surface area contributed by atoms with Gasteiger partial charge in [0.1, 0.15) is 0 Å². The molecule has 182 valence electrons. The highest BCUT2D eigenvalue weighted by molar-refractivity contribution is 8.01. The SMILES string of the molecule is CC(C)(C)c1ccc(C(=O)c2ccc(C(C)(C)C)c(SC(F)(F)C(F)(F)S(=O)(=O)O)c2)cc1. The van der Waals surface area contributed by atoms with E-state index < -0.39 is 48.5 Å². The minimum atomic E-state index is -6.39. The first-order valence-corrected chi connectivity index (χ1v) is 12.2. The van der Waals surface area contributed by atoms with Crippen LogP contribution in [0.1, 0.15) is 68.6 Å². The van der Waals surface area contributed by atoms with Crippen LogP contribution in [-0.2, 0) is 20.9 Å². The predicted molar refractivity (Wildman–Crippen MR) is 121 cm³/mol. The predicted octanol–water partition coefficient (Wildman–Crippen LogP) is 6.68. The van der Waals surface area contributed by atoms with Crippen LogP contribution in [0.15, 0.2) is 47.4 Å². The number of thioether (sulfide) groups is 1. The van der Waals surface area contributed by atoms with E-state index in [-0.39, 0.29) is 22.1 Å². The van der Waals surface area contributed by atoms with E-state index in [1.807, 2.05) is 20.8 Å². The van der Waals surface area contributed by atoms with Gasteiger partial charge in [-0.2, -0.15) is 26.0 Å². The molecular weight excluding hydrogens is 480 g/mol. The quantitative estimate of drug-likeness (QED) is 0.205. The van der Waals surface area contributed by atoms with E-state index in [0.717, 1.165) is 11.6 Å². The summed E-state index contributed by atoms with van der Waals surface area (Å²) in [5.41, 5.74) is 0.492. The van der Waals surface area contributed by atoms with Crippen LogP contribution in [0.25, 0.3) is 0 Å². The van der Waals surface area contributed by atoms with Crippen molar-refractivity contribution >= 4 is 27.7 Å². The van der Waals surface area contributed by atoms with Gasteiger partial charge < -0.3 is 0 Å². The number of hydrogen-bond donors (Lipinski definition) is 1. The summed E-state index contributed by atoms with van der Waals surface area (Å²) in [5.74, 6) is -0.511. The van der Waals surface area contributed by atoms with Gasteiger partial charge in [0.15, 0.2) is 5.78 Å². The maximum atomic E-state index is 14.4. The lowest BCUT2D eigenvalue weighted by Gasteiger charge is -2.27. The number of rotatable bonds is 6. The third-order valence-electron chi connectivity index (χ3n) is 4.97. The molecule has 0 aliphatic heterocycles. The Morgan fingerprint density at radius 2 is 1.30 bits per heavy atom. The van der Waals surface area contributed by atoms with Crippen molar-refractivity contribution in [3.8, 4) is 0 Å². The Kier molecular flexibility index (Phi) is 7.21. The van der Waals surface area contributed by atoms with E-state index in [4.69, 9.17) is 4.55 Å². The van der Waals surface area contributed by atoms with Gasteiger partial charge in [0.25, 0.3) is 0 Å². The van der Waals surface area contributed by atoms with Crippen LogP contribution in [0.4, 0.5) is 17.6 Å². The molecule has 0 heterocycles. The van der Waals surface area contributed by atoms with E-state index in [9.17, 15) is 30.8 Å². The van der Waals surface area contributed by atoms with Crippen molar-refractivity contribution in [1.82, 2.24) is 0 Å². The smallest absolute Gasteiger partial charge is 0.289 e. The summed E-state index contributed by atoms with van der Waals surface area (Å²) in [5, 5.41) is -10.9. The molecule has 4 nitrogen and oxygen atoms in total. The van der Waals surface area contributed by atoms with Gasteiger partial charge in [0.05, 0.1) is 0 Å². The number of alkyl halides is 4. The van der Waals surface area contributed by atoms with Crippen LogP contribution in [0, 0.1) is 0 Å². The van der Waals surface area contributed by atoms with Gasteiger partial charge in [-0.25, -0.2) is 0 Å². The molecule has 0 saturated heterocycles. The second-order valence-corrected chi connectivity index (χ2v) is 12.3. The molecule has 0 amide bonds. The Labute approximate surface area is 195 Å². The highest BCUT2D eigenvalue weighted by atomic mass is 32.2. The van der Waals surface area contributed by atoms with Crippen LogP contribution in [0.3, 0.4) is 0 Å². The summed E-state index contributed by atoms with van der Waals surface area (Å²) in [6, 6.07) is 10.5. The molecule has 0 aliphatic carbocycles. The van der Waals surface area contributed by atoms with Crippen molar-refractivity contribution < 1.29 is 35.3 Å². The van der Waals surface area contributed by atoms with Crippen LogP contribution < -0.4 is 0 Å². The number of benzene rings is 2. The van der Waals surface area contributed by atoms with Gasteiger partial charge in [-0.3, -0.25) is 9.35 Å². The molecule has 0 aliphatic rings. The van der Waals surface area contributed by atoms with Gasteiger partial charge in [-0.05, 0) is 39.8 Å². The number of halogens is 4. The van der Waals surface area contributed by atoms with Crippen molar-refractivity contribution in [3.63, 3.8) is 0 Å². The fraction of sp³-hybridized carbons (Fsp3) is 0.435. The average Bonchev–Trinajstić information content (AvgIpc) is 2.64. The molecular formula is C23H26F4O4S2. The Morgan fingerprint density at radius 1 is 0.818 bits per heavy atom. The van der Waals surface area contributed by atoms with Crippen LogP contribution in [0.2, 0.25) is 0 Å². The fourth-order valence-electron chi connectivity index (χ4n) is 3.00. The molecule has 0 aromatic heterocycles. The second kappa shape index (κ2) is 8.70. The third kappa shape index (κ3) is 5.78. The van der Waals surface area contributed by atoms with Crippen LogP contribution in [-0.4, -0.2) is 29.3 Å². The van der Waals surface area contributed by atoms with Gasteiger partial charge >= 0.3 is 20.6 Å². The third-order valence-corrected chi connectivity index (χ3v) is 7.07. The molecule has 0 radical (unpaired) electrons. The van der Waals surface area contributed by atoms with Gasteiger partial charge in [0.2, 0.25) is 0 Å². The van der Waals surface area contributed by atoms with Crippen molar-refractivity contribution in [2.24, 2.45) is 0 Å². The maximum absolute atomic E-state index is 14.4. The lowest BCUT2D eigenvalue weighted by atomic mass is 9.85. The average molecular weight is 507 g/mol. The Bertz CT molecular complexity index is 1140. The molecule has 33 heavy (non-hydrogen) atoms. The standard InChI is InChI=1S/C23H26F4O4S2/c1-20(2,3)16-10-7-14(8-11-16)19(28)15-9-12-17(21(4,5)6)18(13-15)32-22(24,25)23(26,27)33(29,30)31/h7-13H,1-6H3,(H,29,30,31). The van der Waals surface area contributed by atoms with Crippen molar-refractivity contribution in [3.05, 3.63) is 64.7 Å². The molecule has 0 saturated carbocycles. The molecule has 2 aromatic carbocycles. The monoisotopic (exact) mass is 506 g/mol. The summed E-state index contributed by atoms with van der Waals surface area (Å²) < 4.78 is 86.7. The number of hydrogen-bond acceptors (Lipinski definition) is 4. The molecule has 1 N–H and O–H groups in total. The molecule has 0 fully saturated rings. The van der Waals surface area contributed by atoms with E-state index in [2.05, 4.69) is 0 Å². The lowest BCUT2D eigenvalue weighted by molar-refractivity contribution is -0.0946. The molecule has 2 aromatic rings. The van der Waals surface area contributed by atoms with Gasteiger partial charge in [-0.15, -0.1) is 0 Å². The first-order valence-electron chi connectivity index (χ1n) is 9.90. The highest BCUT2D eigenvalue weighted by Gasteiger charge is 2.66. The molecule has 10 heteroatoms. The second-order valence-electron chi connectivity index (χ2n) is 9.73. The number of ketones is 1. The topological polar surface area (TPSA) is 71.4 Å². The van der Waals surface area contributed by atoms with Gasteiger partial charge in [-0.1, -0.05) is 77.9 Å². The molecule has 2 rings (SSSR count). The zero-order valence-electron chi connectivity index (χ0n) is 19.0. The highest BCUT2D eigenvalue weighted by Crippen LogP contribution is 2.51. The Morgan fingerprint density at radius 3 is 1.73 bits per heavy atom. The van der Waals surface area contributed by atoms with Crippen LogP contribution >= 0.6 is 11.8 Å². The summed E-state index contributed by atoms with van der Waals surface area (Å²) in [6.07, 6.45) is 0. The molecule has 0 bridgehead atoms. The summed E-state index contributed by atoms with van der Waals surface area (Å²) in [7, 11) is -6.39. The first-order chi connectivity index (χ1) is 14.7. The maximum Gasteiger partial charge on any atom is 0.442 e. The molecule has 0 spiro atoms. The van der Waals surface area contributed by atoms with E-state index in [0.29, 0.717) is 0 Å². The van der Waals surface area contributed by atoms with E-state index >= 15 is 0 Å². The minimum Gasteiger partial charge on any atom is -0.289 e. The first kappa shape index (κ1) is 27.3. The summed E-state index contributed by atoms with van der Waals surface area (Å²) in [4.78, 5) is 12.6. The van der Waals surface area contributed by atoms with E-state index in [1.54, 1.807) is 45.0 Å².